The highest BCUT2D eigenvalue weighted by molar-refractivity contribution is 6.09. The Morgan fingerprint density at radius 2 is 1.92 bits per heavy atom. The van der Waals surface area contributed by atoms with Gasteiger partial charge in [-0.25, -0.2) is 0 Å². The quantitative estimate of drug-likeness (QED) is 0.868. The smallest absolute Gasteiger partial charge is 0.251 e. The predicted molar refractivity (Wildman–Crippen MR) is 92.2 cm³/mol. The van der Waals surface area contributed by atoms with E-state index in [0.717, 1.165) is 16.8 Å². The second-order valence-electron chi connectivity index (χ2n) is 5.91. The Labute approximate surface area is 144 Å². The normalized spacial score (nSPS) is 17.8. The van der Waals surface area contributed by atoms with E-state index in [2.05, 4.69) is 0 Å². The van der Waals surface area contributed by atoms with Crippen molar-refractivity contribution in [1.82, 2.24) is 0 Å². The summed E-state index contributed by atoms with van der Waals surface area (Å²) in [6.07, 6.45) is 3.56. The number of carbonyl (C=O) groups is 2. The minimum absolute atomic E-state index is 0.201. The molecule has 0 aromatic heterocycles. The Morgan fingerprint density at radius 1 is 1.12 bits per heavy atom. The summed E-state index contributed by atoms with van der Waals surface area (Å²) in [6, 6.07) is 12.2. The Kier molecular flexibility index (Phi) is 3.65. The van der Waals surface area contributed by atoms with E-state index in [4.69, 9.17) is 15.2 Å². The number of rotatable bonds is 3. The number of benzene rings is 2. The van der Waals surface area contributed by atoms with Crippen molar-refractivity contribution >= 4 is 23.6 Å². The molecule has 0 unspecified atom stereocenters. The van der Waals surface area contributed by atoms with Gasteiger partial charge in [0, 0.05) is 18.2 Å². The Balaban J connectivity index is 1.60. The van der Waals surface area contributed by atoms with E-state index < -0.39 is 11.9 Å². The van der Waals surface area contributed by atoms with Crippen LogP contribution in [0.5, 0.6) is 11.5 Å². The van der Waals surface area contributed by atoms with Crippen molar-refractivity contribution in [2.24, 2.45) is 5.73 Å². The zero-order chi connectivity index (χ0) is 17.4. The van der Waals surface area contributed by atoms with Crippen LogP contribution in [0.15, 0.2) is 48.5 Å². The summed E-state index contributed by atoms with van der Waals surface area (Å²) in [5, 5.41) is 0. The summed E-state index contributed by atoms with van der Waals surface area (Å²) in [5.74, 6) is 0.536. The van der Waals surface area contributed by atoms with Crippen molar-refractivity contribution in [3.8, 4) is 11.5 Å². The van der Waals surface area contributed by atoms with E-state index in [1.165, 1.54) is 11.0 Å². The van der Waals surface area contributed by atoms with Crippen LogP contribution in [-0.2, 0) is 16.0 Å². The van der Waals surface area contributed by atoms with Crippen LogP contribution in [-0.4, -0.2) is 24.6 Å². The van der Waals surface area contributed by atoms with Crippen LogP contribution in [0, 0.1) is 0 Å². The van der Waals surface area contributed by atoms with Gasteiger partial charge in [0.2, 0.25) is 12.7 Å². The minimum atomic E-state index is -0.661. The number of hydrogen-bond donors (Lipinski definition) is 1. The van der Waals surface area contributed by atoms with Crippen molar-refractivity contribution in [2.45, 2.75) is 12.5 Å². The molecule has 2 aliphatic heterocycles. The van der Waals surface area contributed by atoms with E-state index in [1.807, 2.05) is 30.3 Å². The van der Waals surface area contributed by atoms with Gasteiger partial charge in [-0.05, 0) is 35.4 Å². The van der Waals surface area contributed by atoms with Gasteiger partial charge >= 0.3 is 0 Å². The summed E-state index contributed by atoms with van der Waals surface area (Å²) in [5.41, 5.74) is 7.96. The van der Waals surface area contributed by atoms with Gasteiger partial charge < -0.3 is 15.2 Å². The third-order valence-electron chi connectivity index (χ3n) is 4.36. The molecule has 2 aromatic carbocycles. The summed E-state index contributed by atoms with van der Waals surface area (Å²) in [7, 11) is 0. The average molecular weight is 336 g/mol. The number of nitrogens with two attached hydrogens (primary N) is 1. The average Bonchev–Trinajstić information content (AvgIpc) is 3.23. The number of primary amides is 1. The lowest BCUT2D eigenvalue weighted by atomic mass is 10.1. The molecule has 6 heteroatoms. The molecular weight excluding hydrogens is 320 g/mol. The molecule has 0 bridgehead atoms. The standard InChI is InChI=1S/C19H16N2O4/c20-19(23)15-10-13-3-1-2-4-14(13)21(15)18(22)8-6-12-5-7-16-17(9-12)25-11-24-16/h1-9,15H,10-11H2,(H2,20,23)/b8-6-/t15-/m0/s1. The van der Waals surface area contributed by atoms with Crippen LogP contribution < -0.4 is 20.1 Å². The molecule has 1 atom stereocenters. The number of anilines is 1. The van der Waals surface area contributed by atoms with Crippen molar-refractivity contribution in [3.05, 3.63) is 59.7 Å². The maximum atomic E-state index is 12.7. The van der Waals surface area contributed by atoms with Crippen molar-refractivity contribution in [1.29, 1.82) is 0 Å². The minimum Gasteiger partial charge on any atom is -0.454 e. The number of hydrogen-bond acceptors (Lipinski definition) is 4. The molecule has 4 rings (SSSR count). The monoisotopic (exact) mass is 336 g/mol. The van der Waals surface area contributed by atoms with Crippen molar-refractivity contribution < 1.29 is 19.1 Å². The lowest BCUT2D eigenvalue weighted by molar-refractivity contribution is -0.122. The summed E-state index contributed by atoms with van der Waals surface area (Å²) < 4.78 is 10.6. The fourth-order valence-corrected chi connectivity index (χ4v) is 3.15. The maximum absolute atomic E-state index is 12.7. The van der Waals surface area contributed by atoms with E-state index in [-0.39, 0.29) is 12.7 Å². The third-order valence-corrected chi connectivity index (χ3v) is 4.36. The predicted octanol–water partition coefficient (Wildman–Crippen LogP) is 1.87. The lowest BCUT2D eigenvalue weighted by Crippen LogP contribution is -2.45. The molecule has 0 saturated carbocycles. The van der Waals surface area contributed by atoms with Gasteiger partial charge in [-0.3, -0.25) is 14.5 Å². The molecule has 2 heterocycles. The first kappa shape index (κ1) is 15.3. The maximum Gasteiger partial charge on any atom is 0.251 e. The van der Waals surface area contributed by atoms with Crippen LogP contribution in [0.1, 0.15) is 11.1 Å². The second-order valence-corrected chi connectivity index (χ2v) is 5.91. The van der Waals surface area contributed by atoms with Gasteiger partial charge in [-0.2, -0.15) is 0 Å². The molecule has 2 aromatic rings. The SMILES string of the molecule is NC(=O)[C@@H]1Cc2ccccc2N1C(=O)/C=C\c1ccc2c(c1)OCO2. The van der Waals surface area contributed by atoms with E-state index in [9.17, 15) is 9.59 Å². The number of ether oxygens (including phenoxy) is 2. The van der Waals surface area contributed by atoms with Crippen LogP contribution >= 0.6 is 0 Å². The van der Waals surface area contributed by atoms with Crippen molar-refractivity contribution in [2.75, 3.05) is 11.7 Å². The molecule has 2 amide bonds. The fraction of sp³-hybridized carbons (Fsp3) is 0.158. The molecule has 126 valence electrons. The first-order valence-corrected chi connectivity index (χ1v) is 7.91. The van der Waals surface area contributed by atoms with Gasteiger partial charge in [0.15, 0.2) is 11.5 Å². The second kappa shape index (κ2) is 5.98. The van der Waals surface area contributed by atoms with Crippen molar-refractivity contribution in [3.63, 3.8) is 0 Å². The molecule has 0 saturated heterocycles. The molecule has 2 N–H and O–H groups in total. The third kappa shape index (κ3) is 2.71. The fourth-order valence-electron chi connectivity index (χ4n) is 3.15. The molecule has 6 nitrogen and oxygen atoms in total. The zero-order valence-corrected chi connectivity index (χ0v) is 13.3. The van der Waals surface area contributed by atoms with E-state index in [1.54, 1.807) is 18.2 Å². The molecule has 0 radical (unpaired) electrons. The van der Waals surface area contributed by atoms with Crippen LogP contribution in [0.3, 0.4) is 0 Å². The molecule has 2 aliphatic rings. The van der Waals surface area contributed by atoms with Gasteiger partial charge in [0.25, 0.3) is 5.91 Å². The topological polar surface area (TPSA) is 81.9 Å². The van der Waals surface area contributed by atoms with Gasteiger partial charge in [0.05, 0.1) is 0 Å². The van der Waals surface area contributed by atoms with Crippen LogP contribution in [0.2, 0.25) is 0 Å². The summed E-state index contributed by atoms with van der Waals surface area (Å²) in [4.78, 5) is 25.9. The molecule has 0 aliphatic carbocycles. The Morgan fingerprint density at radius 3 is 2.76 bits per heavy atom. The highest BCUT2D eigenvalue weighted by Crippen LogP contribution is 2.34. The Bertz CT molecular complexity index is 891. The zero-order valence-electron chi connectivity index (χ0n) is 13.3. The number of carbonyl (C=O) groups excluding carboxylic acids is 2. The number of nitrogens with zero attached hydrogens (tertiary/aromatic N) is 1. The molecular formula is C19H16N2O4. The highest BCUT2D eigenvalue weighted by Gasteiger charge is 2.36. The number of para-hydroxylation sites is 1. The van der Waals surface area contributed by atoms with E-state index in [0.29, 0.717) is 17.9 Å². The van der Waals surface area contributed by atoms with E-state index >= 15 is 0 Å². The summed E-state index contributed by atoms with van der Waals surface area (Å²) in [6.45, 7) is 0.201. The largest absolute Gasteiger partial charge is 0.454 e. The van der Waals surface area contributed by atoms with Crippen LogP contribution in [0.4, 0.5) is 5.69 Å². The number of fused-ring (bicyclic) bond motifs is 2. The molecule has 0 fully saturated rings. The van der Waals surface area contributed by atoms with Crippen LogP contribution in [0.25, 0.3) is 6.08 Å². The lowest BCUT2D eigenvalue weighted by Gasteiger charge is -2.21. The van der Waals surface area contributed by atoms with Gasteiger partial charge in [-0.1, -0.05) is 24.3 Å². The first-order valence-electron chi connectivity index (χ1n) is 7.91. The van der Waals surface area contributed by atoms with Gasteiger partial charge in [-0.15, -0.1) is 0 Å². The molecule has 25 heavy (non-hydrogen) atoms. The summed E-state index contributed by atoms with van der Waals surface area (Å²) >= 11 is 0. The molecule has 0 spiro atoms. The number of amides is 2. The van der Waals surface area contributed by atoms with Gasteiger partial charge in [0.1, 0.15) is 6.04 Å². The Hall–Kier alpha value is -3.28. The highest BCUT2D eigenvalue weighted by atomic mass is 16.7. The first-order chi connectivity index (χ1) is 12.1.